The van der Waals surface area contributed by atoms with Crippen molar-refractivity contribution in [1.29, 1.82) is 0 Å². The summed E-state index contributed by atoms with van der Waals surface area (Å²) in [7, 11) is 3.65. The summed E-state index contributed by atoms with van der Waals surface area (Å²) >= 11 is 3.06. The van der Waals surface area contributed by atoms with Gasteiger partial charge in [-0.2, -0.15) is 0 Å². The topological polar surface area (TPSA) is 83.9 Å². The third kappa shape index (κ3) is 2.91. The van der Waals surface area contributed by atoms with Gasteiger partial charge in [-0.05, 0) is 54.6 Å². The number of carbonyl (C=O) groups is 1. The fraction of sp³-hybridized carbons (Fsp3) is 0.316. The molecule has 7 nitrogen and oxygen atoms in total. The summed E-state index contributed by atoms with van der Waals surface area (Å²) < 4.78 is 5.03. The van der Waals surface area contributed by atoms with Crippen LogP contribution in [-0.4, -0.2) is 44.5 Å². The van der Waals surface area contributed by atoms with E-state index in [0.29, 0.717) is 0 Å². The molecule has 4 aromatic rings. The van der Waals surface area contributed by atoms with Gasteiger partial charge in [-0.25, -0.2) is 9.97 Å². The van der Waals surface area contributed by atoms with Crippen LogP contribution >= 0.6 is 22.9 Å². The molecular weight excluding hydrogens is 392 g/mol. The predicted molar refractivity (Wildman–Crippen MR) is 112 cm³/mol. The minimum atomic E-state index is 0.0566. The summed E-state index contributed by atoms with van der Waals surface area (Å²) in [6.07, 6.45) is 4.12. The van der Waals surface area contributed by atoms with Gasteiger partial charge in [0.1, 0.15) is 22.5 Å². The number of fused-ring (bicyclic) bond motifs is 4. The molecule has 1 aliphatic rings. The van der Waals surface area contributed by atoms with Gasteiger partial charge in [-0.15, -0.1) is 16.4 Å². The maximum absolute atomic E-state index is 12.4. The van der Waals surface area contributed by atoms with Crippen LogP contribution in [0.5, 0.6) is 0 Å². The van der Waals surface area contributed by atoms with Crippen molar-refractivity contribution >= 4 is 60.7 Å². The Morgan fingerprint density at radius 3 is 3.04 bits per heavy atom. The van der Waals surface area contributed by atoms with Gasteiger partial charge in [0.2, 0.25) is 5.91 Å². The molecule has 0 aliphatic heterocycles. The van der Waals surface area contributed by atoms with Gasteiger partial charge in [0.15, 0.2) is 0 Å². The number of rotatable bonds is 3. The molecule has 1 aromatic carbocycles. The van der Waals surface area contributed by atoms with E-state index >= 15 is 0 Å². The number of benzene rings is 1. The molecule has 3 heterocycles. The number of hydrogen-bond acceptors (Lipinski definition) is 8. The minimum absolute atomic E-state index is 0.0566. The third-order valence-corrected chi connectivity index (χ3v) is 6.99. The van der Waals surface area contributed by atoms with E-state index in [9.17, 15) is 4.79 Å². The van der Waals surface area contributed by atoms with E-state index in [-0.39, 0.29) is 11.8 Å². The van der Waals surface area contributed by atoms with E-state index in [1.165, 1.54) is 22.0 Å². The van der Waals surface area contributed by atoms with Crippen molar-refractivity contribution < 1.29 is 4.79 Å². The van der Waals surface area contributed by atoms with Gasteiger partial charge in [0, 0.05) is 30.6 Å². The van der Waals surface area contributed by atoms with Crippen molar-refractivity contribution in [2.45, 2.75) is 19.3 Å². The fourth-order valence-electron chi connectivity index (χ4n) is 3.77. The van der Waals surface area contributed by atoms with Crippen molar-refractivity contribution in [2.75, 3.05) is 19.4 Å². The number of nitrogens with zero attached hydrogens (tertiary/aromatic N) is 5. The predicted octanol–water partition coefficient (Wildman–Crippen LogP) is 3.63. The Morgan fingerprint density at radius 1 is 1.29 bits per heavy atom. The van der Waals surface area contributed by atoms with Gasteiger partial charge in [0.05, 0.1) is 10.1 Å². The second kappa shape index (κ2) is 6.75. The van der Waals surface area contributed by atoms with Crippen LogP contribution in [0.4, 0.5) is 11.5 Å². The van der Waals surface area contributed by atoms with Gasteiger partial charge in [-0.3, -0.25) is 4.79 Å². The maximum atomic E-state index is 12.4. The zero-order chi connectivity index (χ0) is 19.3. The molecule has 0 saturated heterocycles. The van der Waals surface area contributed by atoms with Crippen molar-refractivity contribution in [3.05, 3.63) is 35.0 Å². The first kappa shape index (κ1) is 17.4. The Hall–Kier alpha value is -2.65. The van der Waals surface area contributed by atoms with Gasteiger partial charge < -0.3 is 10.2 Å². The van der Waals surface area contributed by atoms with Crippen molar-refractivity contribution in [3.8, 4) is 0 Å². The zero-order valence-electron chi connectivity index (χ0n) is 15.5. The Morgan fingerprint density at radius 2 is 2.18 bits per heavy atom. The number of hydrogen-bond donors (Lipinski definition) is 1. The van der Waals surface area contributed by atoms with Crippen LogP contribution in [0.25, 0.3) is 20.4 Å². The molecule has 1 aliphatic carbocycles. The third-order valence-electron chi connectivity index (χ3n) is 5.15. The summed E-state index contributed by atoms with van der Waals surface area (Å²) in [5.74, 6) is 1.08. The number of amides is 1. The summed E-state index contributed by atoms with van der Waals surface area (Å²) in [5, 5.41) is 8.62. The number of aromatic nitrogens is 4. The van der Waals surface area contributed by atoms with Crippen LogP contribution in [0.1, 0.15) is 16.9 Å². The van der Waals surface area contributed by atoms with E-state index < -0.39 is 0 Å². The smallest absolute Gasteiger partial charge is 0.225 e. The normalized spacial score (nSPS) is 16.3. The van der Waals surface area contributed by atoms with Crippen LogP contribution < -0.4 is 5.32 Å². The highest BCUT2D eigenvalue weighted by Crippen LogP contribution is 2.40. The molecule has 142 valence electrons. The Kier molecular flexibility index (Phi) is 4.21. The zero-order valence-corrected chi connectivity index (χ0v) is 17.1. The number of carbonyl (C=O) groups excluding carboxylic acids is 1. The number of thiophene rings is 1. The number of anilines is 2. The first-order valence-electron chi connectivity index (χ1n) is 9.05. The molecule has 1 atom stereocenters. The van der Waals surface area contributed by atoms with E-state index in [1.54, 1.807) is 22.6 Å². The summed E-state index contributed by atoms with van der Waals surface area (Å²) in [6, 6.07) is 5.99. The lowest BCUT2D eigenvalue weighted by Crippen LogP contribution is -2.32. The molecule has 0 spiro atoms. The van der Waals surface area contributed by atoms with Crippen molar-refractivity contribution in [3.63, 3.8) is 0 Å². The first-order chi connectivity index (χ1) is 13.6. The lowest BCUT2D eigenvalue weighted by Gasteiger charge is -2.24. The highest BCUT2D eigenvalue weighted by molar-refractivity contribution is 7.19. The number of aryl methyl sites for hydroxylation is 1. The molecule has 28 heavy (non-hydrogen) atoms. The summed E-state index contributed by atoms with van der Waals surface area (Å²) in [6.45, 7) is 0. The van der Waals surface area contributed by atoms with Gasteiger partial charge in [0.25, 0.3) is 0 Å². The maximum Gasteiger partial charge on any atom is 0.225 e. The average Bonchev–Trinajstić information content (AvgIpc) is 3.30. The Balaban J connectivity index is 1.52. The van der Waals surface area contributed by atoms with Crippen molar-refractivity contribution in [1.82, 2.24) is 24.5 Å². The highest BCUT2D eigenvalue weighted by atomic mass is 32.1. The molecule has 0 unspecified atom stereocenters. The van der Waals surface area contributed by atoms with Crippen LogP contribution in [0.3, 0.4) is 0 Å². The molecule has 1 amide bonds. The van der Waals surface area contributed by atoms with Crippen LogP contribution in [0.15, 0.2) is 24.5 Å². The monoisotopic (exact) mass is 410 g/mol. The largest absolute Gasteiger partial charge is 0.349 e. The van der Waals surface area contributed by atoms with E-state index in [4.69, 9.17) is 0 Å². The Bertz CT molecular complexity index is 1200. The molecule has 1 N–H and O–H groups in total. The van der Waals surface area contributed by atoms with Crippen LogP contribution in [-0.2, 0) is 17.6 Å². The van der Waals surface area contributed by atoms with Crippen LogP contribution in [0, 0.1) is 5.92 Å². The standard InChI is InChI=1S/C19H18N6OS2/c1-25(2)19(26)10-3-5-12-14(7-10)27-18-16(12)17(20-9-21-18)22-11-4-6-13-15(8-11)28-24-23-13/h4,6,8-10H,3,5,7H2,1-2H3,(H,20,21,22)/t10-/m0/s1. The summed E-state index contributed by atoms with van der Waals surface area (Å²) in [5.41, 5.74) is 3.13. The average molecular weight is 411 g/mol. The van der Waals surface area contributed by atoms with Crippen molar-refractivity contribution in [2.24, 2.45) is 5.92 Å². The minimum Gasteiger partial charge on any atom is -0.349 e. The molecule has 0 radical (unpaired) electrons. The first-order valence-corrected chi connectivity index (χ1v) is 10.6. The summed E-state index contributed by atoms with van der Waals surface area (Å²) in [4.78, 5) is 25.3. The molecular formula is C19H18N6OS2. The van der Waals surface area contributed by atoms with Gasteiger partial charge >= 0.3 is 0 Å². The molecule has 0 bridgehead atoms. The molecule has 3 aromatic heterocycles. The van der Waals surface area contributed by atoms with Gasteiger partial charge in [-0.1, -0.05) is 4.49 Å². The second-order valence-electron chi connectivity index (χ2n) is 7.16. The number of nitrogens with one attached hydrogen (secondary N) is 1. The molecule has 0 saturated carbocycles. The van der Waals surface area contributed by atoms with E-state index in [2.05, 4.69) is 24.9 Å². The second-order valence-corrected chi connectivity index (χ2v) is 9.03. The highest BCUT2D eigenvalue weighted by Gasteiger charge is 2.29. The Labute approximate surface area is 169 Å². The molecule has 5 rings (SSSR count). The van der Waals surface area contributed by atoms with E-state index in [0.717, 1.165) is 51.2 Å². The molecule has 9 heteroatoms. The SMILES string of the molecule is CN(C)C(=O)[C@H]1CCc2c(sc3ncnc(Nc4ccc5nnsc5c4)c23)C1. The fourth-order valence-corrected chi connectivity index (χ4v) is 5.64. The quantitative estimate of drug-likeness (QED) is 0.555. The molecule has 0 fully saturated rings. The lowest BCUT2D eigenvalue weighted by atomic mass is 9.87. The van der Waals surface area contributed by atoms with E-state index in [1.807, 2.05) is 32.3 Å². The lowest BCUT2D eigenvalue weighted by molar-refractivity contribution is -0.133. The van der Waals surface area contributed by atoms with Crippen LogP contribution in [0.2, 0.25) is 0 Å².